The Balaban J connectivity index is 4.31. The van der Waals surface area contributed by atoms with Gasteiger partial charge >= 0.3 is 5.97 Å². The van der Waals surface area contributed by atoms with Gasteiger partial charge in [-0.05, 0) is 39.3 Å². The molecule has 3 nitrogen and oxygen atoms in total. The largest absolute Gasteiger partial charge is 0.480 e. The van der Waals surface area contributed by atoms with Gasteiger partial charge in [0, 0.05) is 0 Å². The van der Waals surface area contributed by atoms with E-state index >= 15 is 0 Å². The minimum atomic E-state index is -0.730. The van der Waals surface area contributed by atoms with E-state index in [4.69, 9.17) is 5.11 Å². The first-order chi connectivity index (χ1) is 6.34. The van der Waals surface area contributed by atoms with E-state index in [-0.39, 0.29) is 0 Å². The van der Waals surface area contributed by atoms with Gasteiger partial charge in [-0.25, -0.2) is 0 Å². The van der Waals surface area contributed by atoms with Crippen LogP contribution in [0.2, 0.25) is 0 Å². The Bertz CT molecular complexity index is 192. The van der Waals surface area contributed by atoms with Crippen molar-refractivity contribution in [2.45, 2.75) is 46.1 Å². The molecule has 0 saturated heterocycles. The van der Waals surface area contributed by atoms with Gasteiger partial charge in [-0.15, -0.1) is 0 Å². The van der Waals surface area contributed by atoms with E-state index < -0.39 is 11.5 Å². The molecule has 1 unspecified atom stereocenters. The van der Waals surface area contributed by atoms with Crippen LogP contribution in [0.3, 0.4) is 0 Å². The Morgan fingerprint density at radius 2 is 2.00 bits per heavy atom. The van der Waals surface area contributed by atoms with Crippen LogP contribution in [0.25, 0.3) is 0 Å². The van der Waals surface area contributed by atoms with E-state index in [1.54, 1.807) is 6.92 Å². The van der Waals surface area contributed by atoms with Crippen LogP contribution >= 0.6 is 0 Å². The lowest BCUT2D eigenvalue weighted by Crippen LogP contribution is -2.50. The third kappa shape index (κ3) is 3.29. The average Bonchev–Trinajstić information content (AvgIpc) is 2.12. The first-order valence-corrected chi connectivity index (χ1v) is 5.29. The van der Waals surface area contributed by atoms with Crippen molar-refractivity contribution < 1.29 is 9.90 Å². The molecule has 0 aromatic heterocycles. The summed E-state index contributed by atoms with van der Waals surface area (Å²) in [7, 11) is 1.89. The summed E-state index contributed by atoms with van der Waals surface area (Å²) in [5, 5.41) is 9.13. The van der Waals surface area contributed by atoms with Crippen molar-refractivity contribution in [1.29, 1.82) is 0 Å². The van der Waals surface area contributed by atoms with Gasteiger partial charge in [0.2, 0.25) is 0 Å². The predicted octanol–water partition coefficient (Wildman–Crippen LogP) is 2.22. The predicted molar refractivity (Wildman–Crippen MR) is 58.4 cm³/mol. The Hall–Kier alpha value is -0.570. The SMILES string of the molecule is CCC(C)(C(=O)O)N(C)CCC(C)C. The zero-order valence-corrected chi connectivity index (χ0v) is 10.0. The van der Waals surface area contributed by atoms with E-state index in [0.29, 0.717) is 12.3 Å². The molecule has 0 fully saturated rings. The molecule has 0 heterocycles. The highest BCUT2D eigenvalue weighted by molar-refractivity contribution is 5.78. The number of hydrogen-bond acceptors (Lipinski definition) is 2. The van der Waals surface area contributed by atoms with Gasteiger partial charge in [0.05, 0.1) is 0 Å². The van der Waals surface area contributed by atoms with Gasteiger partial charge in [0.15, 0.2) is 0 Å². The van der Waals surface area contributed by atoms with E-state index in [1.807, 2.05) is 18.9 Å². The molecule has 14 heavy (non-hydrogen) atoms. The molecule has 0 aromatic carbocycles. The van der Waals surface area contributed by atoms with Crippen molar-refractivity contribution in [2.75, 3.05) is 13.6 Å². The molecule has 0 aliphatic carbocycles. The second kappa shape index (κ2) is 5.35. The number of carboxylic acids is 1. The van der Waals surface area contributed by atoms with E-state index in [1.165, 1.54) is 0 Å². The number of carbonyl (C=O) groups is 1. The number of likely N-dealkylation sites (N-methyl/N-ethyl adjacent to an activating group) is 1. The van der Waals surface area contributed by atoms with Crippen molar-refractivity contribution in [1.82, 2.24) is 4.90 Å². The summed E-state index contributed by atoms with van der Waals surface area (Å²) in [6, 6.07) is 0. The zero-order chi connectivity index (χ0) is 11.4. The van der Waals surface area contributed by atoms with Gasteiger partial charge in [0.25, 0.3) is 0 Å². The Morgan fingerprint density at radius 3 is 2.29 bits per heavy atom. The van der Waals surface area contributed by atoms with Crippen molar-refractivity contribution in [3.63, 3.8) is 0 Å². The minimum absolute atomic E-state index is 0.618. The normalized spacial score (nSPS) is 15.9. The summed E-state index contributed by atoms with van der Waals surface area (Å²) < 4.78 is 0. The van der Waals surface area contributed by atoms with Gasteiger partial charge in [-0.3, -0.25) is 9.69 Å². The quantitative estimate of drug-likeness (QED) is 0.716. The summed E-state index contributed by atoms with van der Waals surface area (Å²) in [6.07, 6.45) is 1.68. The third-order valence-electron chi connectivity index (χ3n) is 3.03. The van der Waals surface area contributed by atoms with Crippen molar-refractivity contribution in [2.24, 2.45) is 5.92 Å². The molecule has 84 valence electrons. The molecule has 0 aliphatic heterocycles. The summed E-state index contributed by atoms with van der Waals surface area (Å²) in [6.45, 7) is 8.85. The summed E-state index contributed by atoms with van der Waals surface area (Å²) in [5.74, 6) is -0.112. The molecule has 0 aliphatic rings. The van der Waals surface area contributed by atoms with Gasteiger partial charge in [-0.1, -0.05) is 20.8 Å². The maximum absolute atomic E-state index is 11.1. The number of rotatable bonds is 6. The lowest BCUT2D eigenvalue weighted by Gasteiger charge is -2.34. The first-order valence-electron chi connectivity index (χ1n) is 5.29. The highest BCUT2D eigenvalue weighted by Gasteiger charge is 2.35. The zero-order valence-electron chi connectivity index (χ0n) is 10.0. The van der Waals surface area contributed by atoms with Gasteiger partial charge in [-0.2, -0.15) is 0 Å². The Kier molecular flexibility index (Phi) is 5.13. The summed E-state index contributed by atoms with van der Waals surface area (Å²) in [5.41, 5.74) is -0.713. The standard InChI is InChI=1S/C11H23NO2/c1-6-11(4,10(13)14)12(5)8-7-9(2)3/h9H,6-8H2,1-5H3,(H,13,14). The molecule has 1 atom stereocenters. The van der Waals surface area contributed by atoms with Gasteiger partial charge < -0.3 is 5.11 Å². The highest BCUT2D eigenvalue weighted by atomic mass is 16.4. The molecular weight excluding hydrogens is 178 g/mol. The highest BCUT2D eigenvalue weighted by Crippen LogP contribution is 2.19. The maximum Gasteiger partial charge on any atom is 0.323 e. The van der Waals surface area contributed by atoms with Crippen LogP contribution in [0.4, 0.5) is 0 Å². The molecule has 0 saturated carbocycles. The van der Waals surface area contributed by atoms with Crippen LogP contribution in [0.5, 0.6) is 0 Å². The van der Waals surface area contributed by atoms with Crippen LogP contribution in [0.15, 0.2) is 0 Å². The molecule has 1 N–H and O–H groups in total. The second-order valence-electron chi connectivity index (χ2n) is 4.54. The Labute approximate surface area is 87.1 Å². The fraction of sp³-hybridized carbons (Fsp3) is 0.909. The molecular formula is C11H23NO2. The number of carboxylic acid groups (broad SMARTS) is 1. The van der Waals surface area contributed by atoms with Crippen molar-refractivity contribution >= 4 is 5.97 Å². The third-order valence-corrected chi connectivity index (χ3v) is 3.03. The lowest BCUT2D eigenvalue weighted by atomic mass is 9.96. The number of hydrogen-bond donors (Lipinski definition) is 1. The smallest absolute Gasteiger partial charge is 0.323 e. The first kappa shape index (κ1) is 13.4. The maximum atomic E-state index is 11.1. The van der Waals surface area contributed by atoms with Gasteiger partial charge in [0.1, 0.15) is 5.54 Å². The monoisotopic (exact) mass is 201 g/mol. The number of nitrogens with zero attached hydrogens (tertiary/aromatic N) is 1. The van der Waals surface area contributed by atoms with E-state index in [0.717, 1.165) is 13.0 Å². The molecule has 0 spiro atoms. The van der Waals surface area contributed by atoms with E-state index in [9.17, 15) is 4.79 Å². The van der Waals surface area contributed by atoms with Crippen LogP contribution in [-0.4, -0.2) is 35.1 Å². The van der Waals surface area contributed by atoms with Crippen LogP contribution in [0.1, 0.15) is 40.5 Å². The minimum Gasteiger partial charge on any atom is -0.480 e. The molecule has 0 radical (unpaired) electrons. The summed E-state index contributed by atoms with van der Waals surface area (Å²) in [4.78, 5) is 13.0. The van der Waals surface area contributed by atoms with Crippen molar-refractivity contribution in [3.05, 3.63) is 0 Å². The fourth-order valence-corrected chi connectivity index (χ4v) is 1.28. The number of aliphatic carboxylic acids is 1. The van der Waals surface area contributed by atoms with Crippen LogP contribution in [-0.2, 0) is 4.79 Å². The van der Waals surface area contributed by atoms with E-state index in [2.05, 4.69) is 13.8 Å². The van der Waals surface area contributed by atoms with Crippen LogP contribution < -0.4 is 0 Å². The van der Waals surface area contributed by atoms with Crippen molar-refractivity contribution in [3.8, 4) is 0 Å². The second-order valence-corrected chi connectivity index (χ2v) is 4.54. The fourth-order valence-electron chi connectivity index (χ4n) is 1.28. The average molecular weight is 201 g/mol. The van der Waals surface area contributed by atoms with Crippen LogP contribution in [0, 0.1) is 5.92 Å². The molecule has 0 amide bonds. The summed E-state index contributed by atoms with van der Waals surface area (Å²) >= 11 is 0. The topological polar surface area (TPSA) is 40.5 Å². The molecule has 0 rings (SSSR count). The molecule has 0 aromatic rings. The lowest BCUT2D eigenvalue weighted by molar-refractivity contribution is -0.150. The molecule has 0 bridgehead atoms. The Morgan fingerprint density at radius 1 is 1.50 bits per heavy atom. The molecule has 3 heteroatoms.